The van der Waals surface area contributed by atoms with E-state index in [-0.39, 0.29) is 24.0 Å². The average molecular weight is 421 g/mol. The van der Waals surface area contributed by atoms with Crippen LogP contribution < -0.4 is 10.2 Å². The van der Waals surface area contributed by atoms with Gasteiger partial charge in [0.2, 0.25) is 11.8 Å². The lowest BCUT2D eigenvalue weighted by Crippen LogP contribution is -2.54. The maximum atomic E-state index is 13.3. The summed E-state index contributed by atoms with van der Waals surface area (Å²) in [6.07, 6.45) is 8.58. The molecule has 9 heteroatoms. The molecule has 9 nitrogen and oxygen atoms in total. The number of rotatable bonds is 4. The van der Waals surface area contributed by atoms with Gasteiger partial charge < -0.3 is 4.90 Å². The van der Waals surface area contributed by atoms with Gasteiger partial charge in [-0.3, -0.25) is 34.1 Å². The summed E-state index contributed by atoms with van der Waals surface area (Å²) < 4.78 is 1.98. The fraction of sp³-hybridized carbons (Fsp3) is 0.409. The summed E-state index contributed by atoms with van der Waals surface area (Å²) in [5, 5.41) is 6.73. The molecule has 1 aliphatic carbocycles. The predicted molar refractivity (Wildman–Crippen MR) is 111 cm³/mol. The third kappa shape index (κ3) is 3.11. The van der Waals surface area contributed by atoms with Gasteiger partial charge in [0.05, 0.1) is 34.7 Å². The van der Waals surface area contributed by atoms with E-state index in [9.17, 15) is 19.2 Å². The first-order valence-corrected chi connectivity index (χ1v) is 10.6. The van der Waals surface area contributed by atoms with E-state index in [4.69, 9.17) is 0 Å². The minimum absolute atomic E-state index is 0.0942. The normalized spacial score (nSPS) is 21.6. The van der Waals surface area contributed by atoms with Gasteiger partial charge in [-0.05, 0) is 31.4 Å². The number of amides is 4. The van der Waals surface area contributed by atoms with E-state index in [1.165, 1.54) is 12.8 Å². The minimum Gasteiger partial charge on any atom is -0.341 e. The van der Waals surface area contributed by atoms with Crippen LogP contribution in [0.5, 0.6) is 0 Å². The number of piperidine rings is 1. The molecule has 1 unspecified atom stereocenters. The van der Waals surface area contributed by atoms with Crippen molar-refractivity contribution >= 4 is 35.0 Å². The number of fused-ring (bicyclic) bond motifs is 1. The van der Waals surface area contributed by atoms with Crippen molar-refractivity contribution in [2.24, 2.45) is 0 Å². The summed E-state index contributed by atoms with van der Waals surface area (Å²) in [5.41, 5.74) is 1.94. The average Bonchev–Trinajstić information content (AvgIpc) is 3.49. The van der Waals surface area contributed by atoms with E-state index in [0.717, 1.165) is 23.4 Å². The second kappa shape index (κ2) is 7.33. The zero-order valence-corrected chi connectivity index (χ0v) is 17.2. The zero-order chi connectivity index (χ0) is 21.7. The first kappa shape index (κ1) is 19.5. The third-order valence-electron chi connectivity index (χ3n) is 6.48. The Labute approximate surface area is 179 Å². The van der Waals surface area contributed by atoms with Crippen molar-refractivity contribution in [1.82, 2.24) is 20.0 Å². The second-order valence-corrected chi connectivity index (χ2v) is 8.32. The highest BCUT2D eigenvalue weighted by Gasteiger charge is 2.46. The molecule has 1 atom stereocenters. The van der Waals surface area contributed by atoms with E-state index < -0.39 is 29.7 Å². The molecule has 1 aromatic carbocycles. The van der Waals surface area contributed by atoms with E-state index in [0.29, 0.717) is 11.7 Å². The number of anilines is 2. The Morgan fingerprint density at radius 2 is 1.84 bits per heavy atom. The number of benzene rings is 1. The lowest BCUT2D eigenvalue weighted by Gasteiger charge is -2.28. The summed E-state index contributed by atoms with van der Waals surface area (Å²) in [6.45, 7) is 0. The molecule has 2 aromatic rings. The molecule has 3 aliphatic rings. The van der Waals surface area contributed by atoms with E-state index in [1.807, 2.05) is 22.8 Å². The Morgan fingerprint density at radius 1 is 1.06 bits per heavy atom. The van der Waals surface area contributed by atoms with Crippen molar-refractivity contribution in [2.45, 2.75) is 50.6 Å². The topological polar surface area (TPSA) is 105 Å². The molecule has 1 N–H and O–H groups in total. The van der Waals surface area contributed by atoms with Crippen molar-refractivity contribution in [3.63, 3.8) is 0 Å². The molecule has 1 saturated heterocycles. The van der Waals surface area contributed by atoms with Crippen LogP contribution in [0.4, 0.5) is 11.4 Å². The zero-order valence-electron chi connectivity index (χ0n) is 17.2. The summed E-state index contributed by atoms with van der Waals surface area (Å²) in [7, 11) is 1.83. The monoisotopic (exact) mass is 421 g/mol. The minimum atomic E-state index is -0.978. The summed E-state index contributed by atoms with van der Waals surface area (Å²) >= 11 is 0. The van der Waals surface area contributed by atoms with Gasteiger partial charge in [-0.1, -0.05) is 18.9 Å². The number of hydrogen-bond acceptors (Lipinski definition) is 6. The Kier molecular flexibility index (Phi) is 4.60. The third-order valence-corrected chi connectivity index (χ3v) is 6.48. The van der Waals surface area contributed by atoms with Gasteiger partial charge in [0.25, 0.3) is 11.8 Å². The van der Waals surface area contributed by atoms with Crippen LogP contribution in [0.1, 0.15) is 65.3 Å². The van der Waals surface area contributed by atoms with Gasteiger partial charge in [0, 0.05) is 19.7 Å². The molecule has 0 radical (unpaired) electrons. The summed E-state index contributed by atoms with van der Waals surface area (Å²) in [5.74, 6) is -2.03. The molecule has 0 spiro atoms. The van der Waals surface area contributed by atoms with Gasteiger partial charge in [-0.2, -0.15) is 5.10 Å². The molecular weight excluding hydrogens is 398 g/mol. The molecule has 31 heavy (non-hydrogen) atoms. The lowest BCUT2D eigenvalue weighted by atomic mass is 10.0. The largest absolute Gasteiger partial charge is 0.341 e. The maximum absolute atomic E-state index is 13.3. The number of nitrogens with one attached hydrogen (secondary N) is 1. The van der Waals surface area contributed by atoms with E-state index in [1.54, 1.807) is 24.4 Å². The van der Waals surface area contributed by atoms with Crippen LogP contribution in [0.15, 0.2) is 30.6 Å². The molecular formula is C22H23N5O4. The standard InChI is InChI=1S/C22H23N5O4/c1-25(14-11-23-26(12-14)13-5-2-3-6-13)16-8-4-7-15-19(16)22(31)27(21(15)30)17-9-10-18(28)24-20(17)29/h4,7-8,11-13,17H,2-3,5-6,9-10H2,1H3,(H,24,28,29). The van der Waals surface area contributed by atoms with Crippen molar-refractivity contribution in [3.05, 3.63) is 41.7 Å². The molecule has 2 fully saturated rings. The first-order valence-electron chi connectivity index (χ1n) is 10.6. The van der Waals surface area contributed by atoms with Gasteiger partial charge >= 0.3 is 0 Å². The highest BCUT2D eigenvalue weighted by Crippen LogP contribution is 2.37. The Bertz CT molecular complexity index is 1100. The van der Waals surface area contributed by atoms with Crippen molar-refractivity contribution in [3.8, 4) is 0 Å². The van der Waals surface area contributed by atoms with Crippen molar-refractivity contribution in [1.29, 1.82) is 0 Å². The van der Waals surface area contributed by atoms with Gasteiger partial charge in [0.1, 0.15) is 6.04 Å². The fourth-order valence-electron chi connectivity index (χ4n) is 4.79. The Hall–Kier alpha value is -3.49. The highest BCUT2D eigenvalue weighted by molar-refractivity contribution is 6.25. The lowest BCUT2D eigenvalue weighted by molar-refractivity contribution is -0.136. The Morgan fingerprint density at radius 3 is 2.58 bits per heavy atom. The van der Waals surface area contributed by atoms with Crippen LogP contribution in [0, 0.1) is 0 Å². The van der Waals surface area contributed by atoms with Crippen LogP contribution in [-0.2, 0) is 9.59 Å². The van der Waals surface area contributed by atoms with Gasteiger partial charge in [0.15, 0.2) is 0 Å². The Balaban J connectivity index is 1.47. The molecule has 160 valence electrons. The molecule has 1 aromatic heterocycles. The number of carbonyl (C=O) groups is 4. The van der Waals surface area contributed by atoms with Crippen LogP contribution in [-0.4, -0.2) is 51.4 Å². The number of imide groups is 2. The molecule has 1 saturated carbocycles. The van der Waals surface area contributed by atoms with E-state index in [2.05, 4.69) is 10.4 Å². The number of aromatic nitrogens is 2. The smallest absolute Gasteiger partial charge is 0.264 e. The number of hydrogen-bond donors (Lipinski definition) is 1. The predicted octanol–water partition coefficient (Wildman–Crippen LogP) is 2.17. The van der Waals surface area contributed by atoms with Crippen molar-refractivity contribution in [2.75, 3.05) is 11.9 Å². The van der Waals surface area contributed by atoms with Gasteiger partial charge in [-0.15, -0.1) is 0 Å². The van der Waals surface area contributed by atoms with Gasteiger partial charge in [-0.25, -0.2) is 0 Å². The SMILES string of the molecule is CN(c1cnn(C2CCCC2)c1)c1cccc2c1C(=O)N(C1CCC(=O)NC1=O)C2=O. The molecule has 2 aliphatic heterocycles. The van der Waals surface area contributed by atoms with Crippen LogP contribution in [0.3, 0.4) is 0 Å². The van der Waals surface area contributed by atoms with Crippen LogP contribution in [0.25, 0.3) is 0 Å². The number of carbonyl (C=O) groups excluding carboxylic acids is 4. The molecule has 5 rings (SSSR count). The fourth-order valence-corrected chi connectivity index (χ4v) is 4.79. The van der Waals surface area contributed by atoms with Crippen molar-refractivity contribution < 1.29 is 19.2 Å². The van der Waals surface area contributed by atoms with E-state index >= 15 is 0 Å². The van der Waals surface area contributed by atoms with Crippen LogP contribution in [0.2, 0.25) is 0 Å². The second-order valence-electron chi connectivity index (χ2n) is 8.32. The molecule has 4 amide bonds. The highest BCUT2D eigenvalue weighted by atomic mass is 16.2. The maximum Gasteiger partial charge on any atom is 0.264 e. The summed E-state index contributed by atoms with van der Waals surface area (Å²) in [6, 6.07) is 4.53. The quantitative estimate of drug-likeness (QED) is 0.759. The number of nitrogens with zero attached hydrogens (tertiary/aromatic N) is 4. The summed E-state index contributed by atoms with van der Waals surface area (Å²) in [4.78, 5) is 52.9. The molecule has 3 heterocycles. The molecule has 0 bridgehead atoms. The first-order chi connectivity index (χ1) is 15.0. The van der Waals surface area contributed by atoms with Crippen LogP contribution >= 0.6 is 0 Å².